The third-order valence-corrected chi connectivity index (χ3v) is 3.12. The summed E-state index contributed by atoms with van der Waals surface area (Å²) in [6, 6.07) is 4.37. The van der Waals surface area contributed by atoms with Crippen molar-refractivity contribution in [2.75, 3.05) is 0 Å². The summed E-state index contributed by atoms with van der Waals surface area (Å²) in [6.07, 6.45) is -7.78. The standard InChI is InChI=1S/C14H9F6NO/c15-13(16,17)10-5-3-9(4-6-10)12(22,14(18,19)20)11-2-1-7-21-8-11/h1-8,22H. The van der Waals surface area contributed by atoms with Crippen molar-refractivity contribution in [1.82, 2.24) is 4.98 Å². The van der Waals surface area contributed by atoms with E-state index in [9.17, 15) is 31.4 Å². The molecule has 0 radical (unpaired) electrons. The first-order valence-corrected chi connectivity index (χ1v) is 5.94. The van der Waals surface area contributed by atoms with Gasteiger partial charge in [-0.2, -0.15) is 26.3 Å². The van der Waals surface area contributed by atoms with Gasteiger partial charge in [-0.1, -0.05) is 18.2 Å². The molecular formula is C14H9F6NO. The number of benzene rings is 1. The van der Waals surface area contributed by atoms with Gasteiger partial charge < -0.3 is 5.11 Å². The Morgan fingerprint density at radius 1 is 0.773 bits per heavy atom. The minimum atomic E-state index is -5.13. The summed E-state index contributed by atoms with van der Waals surface area (Å²) >= 11 is 0. The molecule has 0 spiro atoms. The van der Waals surface area contributed by atoms with E-state index in [0.717, 1.165) is 12.3 Å². The number of nitrogens with zero attached hydrogens (tertiary/aromatic N) is 1. The second-order valence-electron chi connectivity index (χ2n) is 4.52. The van der Waals surface area contributed by atoms with Crippen LogP contribution < -0.4 is 0 Å². The number of halogens is 6. The Morgan fingerprint density at radius 2 is 1.32 bits per heavy atom. The van der Waals surface area contributed by atoms with Crippen molar-refractivity contribution in [1.29, 1.82) is 0 Å². The summed E-state index contributed by atoms with van der Waals surface area (Å²) in [7, 11) is 0. The average molecular weight is 321 g/mol. The fourth-order valence-electron chi connectivity index (χ4n) is 1.97. The number of hydrogen-bond donors (Lipinski definition) is 1. The van der Waals surface area contributed by atoms with E-state index >= 15 is 0 Å². The van der Waals surface area contributed by atoms with Gasteiger partial charge in [0.15, 0.2) is 0 Å². The third kappa shape index (κ3) is 2.78. The van der Waals surface area contributed by atoms with Gasteiger partial charge in [0.05, 0.1) is 5.56 Å². The van der Waals surface area contributed by atoms with E-state index in [0.29, 0.717) is 24.3 Å². The van der Waals surface area contributed by atoms with Crippen LogP contribution in [-0.2, 0) is 11.8 Å². The lowest BCUT2D eigenvalue weighted by molar-refractivity contribution is -0.248. The van der Waals surface area contributed by atoms with Crippen LogP contribution in [0.4, 0.5) is 26.3 Å². The van der Waals surface area contributed by atoms with Crippen molar-refractivity contribution in [3.8, 4) is 0 Å². The third-order valence-electron chi connectivity index (χ3n) is 3.12. The fraction of sp³-hybridized carbons (Fsp3) is 0.214. The Bertz CT molecular complexity index is 635. The van der Waals surface area contributed by atoms with E-state index in [1.807, 2.05) is 0 Å². The van der Waals surface area contributed by atoms with E-state index in [-0.39, 0.29) is 0 Å². The van der Waals surface area contributed by atoms with Crippen LogP contribution in [0.1, 0.15) is 16.7 Å². The molecule has 1 unspecified atom stereocenters. The number of rotatable bonds is 2. The van der Waals surface area contributed by atoms with Crippen molar-refractivity contribution in [3.05, 3.63) is 65.5 Å². The quantitative estimate of drug-likeness (QED) is 0.851. The summed E-state index contributed by atoms with van der Waals surface area (Å²) in [5.41, 5.74) is -5.85. The summed E-state index contributed by atoms with van der Waals surface area (Å²) in [5, 5.41) is 10.1. The molecule has 2 aromatic rings. The maximum Gasteiger partial charge on any atom is 0.425 e. The normalized spacial score (nSPS) is 15.4. The van der Waals surface area contributed by atoms with E-state index in [4.69, 9.17) is 0 Å². The highest BCUT2D eigenvalue weighted by Crippen LogP contribution is 2.44. The van der Waals surface area contributed by atoms with Gasteiger partial charge in [0, 0.05) is 18.0 Å². The minimum absolute atomic E-state index is 0.489. The second-order valence-corrected chi connectivity index (χ2v) is 4.52. The molecule has 2 nitrogen and oxygen atoms in total. The molecule has 0 aliphatic heterocycles. The number of pyridine rings is 1. The Balaban J connectivity index is 2.57. The molecule has 1 N–H and O–H groups in total. The van der Waals surface area contributed by atoms with Crippen LogP contribution >= 0.6 is 0 Å². The van der Waals surface area contributed by atoms with Crippen LogP contribution in [0.2, 0.25) is 0 Å². The Labute approximate surface area is 121 Å². The monoisotopic (exact) mass is 321 g/mol. The molecular weight excluding hydrogens is 312 g/mol. The molecule has 0 amide bonds. The molecule has 2 rings (SSSR count). The van der Waals surface area contributed by atoms with Crippen LogP contribution in [0, 0.1) is 0 Å². The molecule has 1 heterocycles. The molecule has 0 aliphatic carbocycles. The van der Waals surface area contributed by atoms with Gasteiger partial charge in [-0.05, 0) is 23.8 Å². The lowest BCUT2D eigenvalue weighted by Crippen LogP contribution is -2.43. The van der Waals surface area contributed by atoms with Crippen LogP contribution in [0.25, 0.3) is 0 Å². The van der Waals surface area contributed by atoms with Gasteiger partial charge in [0.1, 0.15) is 0 Å². The largest absolute Gasteiger partial charge is 0.425 e. The predicted octanol–water partition coefficient (Wildman–Crippen LogP) is 3.90. The molecule has 0 fully saturated rings. The molecule has 0 bridgehead atoms. The zero-order valence-electron chi connectivity index (χ0n) is 10.8. The molecule has 1 aromatic heterocycles. The van der Waals surface area contributed by atoms with E-state index < -0.39 is 34.6 Å². The number of hydrogen-bond acceptors (Lipinski definition) is 2. The molecule has 8 heteroatoms. The van der Waals surface area contributed by atoms with Crippen LogP contribution in [-0.4, -0.2) is 16.3 Å². The zero-order valence-corrected chi connectivity index (χ0v) is 10.8. The number of alkyl halides is 6. The molecule has 0 saturated heterocycles. The zero-order chi connectivity index (χ0) is 16.6. The highest BCUT2D eigenvalue weighted by atomic mass is 19.4. The fourth-order valence-corrected chi connectivity index (χ4v) is 1.97. The highest BCUT2D eigenvalue weighted by Gasteiger charge is 2.56. The van der Waals surface area contributed by atoms with Gasteiger partial charge in [0.2, 0.25) is 5.60 Å². The Morgan fingerprint density at radius 3 is 1.73 bits per heavy atom. The summed E-state index contributed by atoms with van der Waals surface area (Å²) in [4.78, 5) is 3.51. The lowest BCUT2D eigenvalue weighted by atomic mass is 9.86. The SMILES string of the molecule is OC(c1ccc(C(F)(F)F)cc1)(c1cccnc1)C(F)(F)F. The van der Waals surface area contributed by atoms with E-state index in [2.05, 4.69) is 4.98 Å². The summed E-state index contributed by atoms with van der Waals surface area (Å²) in [5.74, 6) is 0. The second kappa shape index (κ2) is 5.28. The van der Waals surface area contributed by atoms with Gasteiger partial charge in [-0.15, -0.1) is 0 Å². The average Bonchev–Trinajstić information content (AvgIpc) is 2.45. The molecule has 1 atom stereocenters. The summed E-state index contributed by atoms with van der Waals surface area (Å²) < 4.78 is 77.4. The van der Waals surface area contributed by atoms with Crippen molar-refractivity contribution in [3.63, 3.8) is 0 Å². The topological polar surface area (TPSA) is 33.1 Å². The highest BCUT2D eigenvalue weighted by molar-refractivity contribution is 5.38. The molecule has 118 valence electrons. The molecule has 1 aromatic carbocycles. The first kappa shape index (κ1) is 16.3. The van der Waals surface area contributed by atoms with Crippen molar-refractivity contribution >= 4 is 0 Å². The van der Waals surface area contributed by atoms with Gasteiger partial charge in [-0.3, -0.25) is 4.98 Å². The van der Waals surface area contributed by atoms with Crippen LogP contribution in [0.15, 0.2) is 48.8 Å². The first-order valence-electron chi connectivity index (χ1n) is 5.94. The Kier molecular flexibility index (Phi) is 3.90. The van der Waals surface area contributed by atoms with Gasteiger partial charge in [-0.25, -0.2) is 0 Å². The van der Waals surface area contributed by atoms with E-state index in [1.54, 1.807) is 0 Å². The molecule has 22 heavy (non-hydrogen) atoms. The minimum Gasteiger partial charge on any atom is -0.372 e. The smallest absolute Gasteiger partial charge is 0.372 e. The number of aromatic nitrogens is 1. The maximum absolute atomic E-state index is 13.3. The predicted molar refractivity (Wildman–Crippen MR) is 64.7 cm³/mol. The van der Waals surface area contributed by atoms with Crippen LogP contribution in [0.5, 0.6) is 0 Å². The van der Waals surface area contributed by atoms with Crippen LogP contribution in [0.3, 0.4) is 0 Å². The lowest BCUT2D eigenvalue weighted by Gasteiger charge is -2.31. The molecule has 0 aliphatic rings. The molecule has 0 saturated carbocycles. The maximum atomic E-state index is 13.3. The summed E-state index contributed by atoms with van der Waals surface area (Å²) in [6.45, 7) is 0. The van der Waals surface area contributed by atoms with Crippen molar-refractivity contribution in [2.45, 2.75) is 18.0 Å². The van der Waals surface area contributed by atoms with Crippen molar-refractivity contribution < 1.29 is 31.4 Å². The van der Waals surface area contributed by atoms with Crippen molar-refractivity contribution in [2.24, 2.45) is 0 Å². The first-order chi connectivity index (χ1) is 10.1. The van der Waals surface area contributed by atoms with E-state index in [1.165, 1.54) is 12.3 Å². The number of aliphatic hydroxyl groups is 1. The van der Waals surface area contributed by atoms with Gasteiger partial charge in [0.25, 0.3) is 0 Å². The Hall–Kier alpha value is -2.09. The van der Waals surface area contributed by atoms with Gasteiger partial charge >= 0.3 is 12.4 Å².